The number of benzene rings is 3. The molecule has 0 fully saturated rings. The molecule has 0 aliphatic rings. The smallest absolute Gasteiger partial charge is 0.193 e. The van der Waals surface area contributed by atoms with Crippen molar-refractivity contribution in [3.05, 3.63) is 90.3 Å². The normalized spacial score (nSPS) is 10.7. The number of aromatic nitrogens is 2. The van der Waals surface area contributed by atoms with Crippen LogP contribution < -0.4 is 4.74 Å². The molecule has 0 saturated heterocycles. The van der Waals surface area contributed by atoms with E-state index < -0.39 is 0 Å². The highest BCUT2D eigenvalue weighted by Gasteiger charge is 2.12. The zero-order valence-corrected chi connectivity index (χ0v) is 14.2. The molecule has 126 valence electrons. The molecule has 0 unspecified atom stereocenters. The second-order valence-corrected chi connectivity index (χ2v) is 5.88. The van der Waals surface area contributed by atoms with E-state index in [-0.39, 0.29) is 5.78 Å². The monoisotopic (exact) mass is 340 g/mol. The molecule has 1 heterocycles. The first-order chi connectivity index (χ1) is 12.8. The van der Waals surface area contributed by atoms with Crippen LogP contribution in [0.5, 0.6) is 5.75 Å². The summed E-state index contributed by atoms with van der Waals surface area (Å²) in [7, 11) is 1.60. The maximum absolute atomic E-state index is 12.8. The van der Waals surface area contributed by atoms with Crippen LogP contribution in [0, 0.1) is 0 Å². The van der Waals surface area contributed by atoms with Crippen LogP contribution in [0.2, 0.25) is 0 Å². The molecule has 0 spiro atoms. The highest BCUT2D eigenvalue weighted by Crippen LogP contribution is 2.26. The standard InChI is InChI=1S/C22H16N2O2/c1-26-18-10-7-16(8-11-18)22(25)17-9-12-19-20(13-17)23-14-24-21(19)15-5-3-2-4-6-15/h2-14H,1H3. The molecule has 3 aromatic carbocycles. The molecule has 0 amide bonds. The molecule has 0 atom stereocenters. The summed E-state index contributed by atoms with van der Waals surface area (Å²) in [6.07, 6.45) is 1.53. The topological polar surface area (TPSA) is 52.1 Å². The van der Waals surface area contributed by atoms with Crippen LogP contribution in [0.3, 0.4) is 0 Å². The van der Waals surface area contributed by atoms with Crippen molar-refractivity contribution in [3.63, 3.8) is 0 Å². The van der Waals surface area contributed by atoms with E-state index in [9.17, 15) is 4.79 Å². The highest BCUT2D eigenvalue weighted by molar-refractivity contribution is 6.11. The van der Waals surface area contributed by atoms with Crippen molar-refractivity contribution in [1.82, 2.24) is 9.97 Å². The Morgan fingerprint density at radius 2 is 1.58 bits per heavy atom. The van der Waals surface area contributed by atoms with Gasteiger partial charge in [0.05, 0.1) is 18.3 Å². The predicted octanol–water partition coefficient (Wildman–Crippen LogP) is 4.54. The van der Waals surface area contributed by atoms with Gasteiger partial charge < -0.3 is 4.74 Å². The molecule has 0 saturated carbocycles. The first-order valence-corrected chi connectivity index (χ1v) is 8.25. The maximum Gasteiger partial charge on any atom is 0.193 e. The van der Waals surface area contributed by atoms with E-state index in [1.54, 1.807) is 31.4 Å². The van der Waals surface area contributed by atoms with Gasteiger partial charge in [0.1, 0.15) is 12.1 Å². The molecule has 4 heteroatoms. The Morgan fingerprint density at radius 1 is 0.846 bits per heavy atom. The number of rotatable bonds is 4. The molecule has 1 aromatic heterocycles. The predicted molar refractivity (Wildman–Crippen MR) is 101 cm³/mol. The minimum atomic E-state index is -0.0468. The fraction of sp³-hybridized carbons (Fsp3) is 0.0455. The first-order valence-electron chi connectivity index (χ1n) is 8.25. The lowest BCUT2D eigenvalue weighted by molar-refractivity contribution is 0.103. The molecular weight excluding hydrogens is 324 g/mol. The van der Waals surface area contributed by atoms with Gasteiger partial charge in [-0.25, -0.2) is 9.97 Å². The van der Waals surface area contributed by atoms with Crippen molar-refractivity contribution >= 4 is 16.7 Å². The van der Waals surface area contributed by atoms with Crippen LogP contribution in [0.25, 0.3) is 22.2 Å². The van der Waals surface area contributed by atoms with E-state index in [0.29, 0.717) is 11.1 Å². The van der Waals surface area contributed by atoms with Crippen LogP contribution in [0.1, 0.15) is 15.9 Å². The second kappa shape index (κ2) is 6.76. The minimum absolute atomic E-state index is 0.0468. The third-order valence-electron chi connectivity index (χ3n) is 4.30. The summed E-state index contributed by atoms with van der Waals surface area (Å²) >= 11 is 0. The fourth-order valence-electron chi connectivity index (χ4n) is 2.93. The second-order valence-electron chi connectivity index (χ2n) is 5.88. The van der Waals surface area contributed by atoms with E-state index in [4.69, 9.17) is 4.74 Å². The number of hydrogen-bond donors (Lipinski definition) is 0. The van der Waals surface area contributed by atoms with Crippen molar-refractivity contribution in [3.8, 4) is 17.0 Å². The van der Waals surface area contributed by atoms with Crippen LogP contribution in [0.15, 0.2) is 79.1 Å². The fourth-order valence-corrected chi connectivity index (χ4v) is 2.93. The molecule has 4 rings (SSSR count). The van der Waals surface area contributed by atoms with Gasteiger partial charge in [0.15, 0.2) is 5.78 Å². The lowest BCUT2D eigenvalue weighted by Gasteiger charge is -2.07. The molecule has 4 nitrogen and oxygen atoms in total. The summed E-state index contributed by atoms with van der Waals surface area (Å²) < 4.78 is 5.14. The molecular formula is C22H16N2O2. The van der Waals surface area contributed by atoms with Gasteiger partial charge in [-0.2, -0.15) is 0 Å². The van der Waals surface area contributed by atoms with Gasteiger partial charge in [0, 0.05) is 22.1 Å². The summed E-state index contributed by atoms with van der Waals surface area (Å²) in [5.74, 6) is 0.676. The van der Waals surface area contributed by atoms with Crippen molar-refractivity contribution in [2.45, 2.75) is 0 Å². The van der Waals surface area contributed by atoms with Crippen LogP contribution in [0.4, 0.5) is 0 Å². The van der Waals surface area contributed by atoms with Crippen molar-refractivity contribution in [1.29, 1.82) is 0 Å². The molecule has 0 N–H and O–H groups in total. The van der Waals surface area contributed by atoms with E-state index in [0.717, 1.165) is 27.9 Å². The van der Waals surface area contributed by atoms with Gasteiger partial charge in [-0.15, -0.1) is 0 Å². The number of methoxy groups -OCH3 is 1. The number of nitrogens with zero attached hydrogens (tertiary/aromatic N) is 2. The van der Waals surface area contributed by atoms with Crippen molar-refractivity contribution in [2.24, 2.45) is 0 Å². The summed E-state index contributed by atoms with van der Waals surface area (Å²) in [6, 6.07) is 22.6. The summed E-state index contributed by atoms with van der Waals surface area (Å²) in [6.45, 7) is 0. The quantitative estimate of drug-likeness (QED) is 0.512. The number of ether oxygens (including phenoxy) is 1. The average Bonchev–Trinajstić information content (AvgIpc) is 2.73. The van der Waals surface area contributed by atoms with E-state index >= 15 is 0 Å². The lowest BCUT2D eigenvalue weighted by Crippen LogP contribution is -2.02. The highest BCUT2D eigenvalue weighted by atomic mass is 16.5. The molecule has 0 aliphatic carbocycles. The average molecular weight is 340 g/mol. The van der Waals surface area contributed by atoms with Gasteiger partial charge >= 0.3 is 0 Å². The molecule has 0 bridgehead atoms. The number of carbonyl (C=O) groups is 1. The van der Waals surface area contributed by atoms with Gasteiger partial charge in [0.25, 0.3) is 0 Å². The van der Waals surface area contributed by atoms with E-state index in [1.807, 2.05) is 48.5 Å². The van der Waals surface area contributed by atoms with Crippen LogP contribution in [-0.4, -0.2) is 22.9 Å². The Bertz CT molecular complexity index is 1070. The van der Waals surface area contributed by atoms with Gasteiger partial charge in [-0.1, -0.05) is 36.4 Å². The van der Waals surface area contributed by atoms with Gasteiger partial charge in [0.2, 0.25) is 0 Å². The van der Waals surface area contributed by atoms with E-state index in [2.05, 4.69) is 9.97 Å². The molecule has 26 heavy (non-hydrogen) atoms. The largest absolute Gasteiger partial charge is 0.497 e. The third-order valence-corrected chi connectivity index (χ3v) is 4.30. The zero-order valence-electron chi connectivity index (χ0n) is 14.2. The Hall–Kier alpha value is -3.53. The number of hydrogen-bond acceptors (Lipinski definition) is 4. The lowest BCUT2D eigenvalue weighted by atomic mass is 10.00. The molecule has 0 radical (unpaired) electrons. The number of carbonyl (C=O) groups excluding carboxylic acids is 1. The van der Waals surface area contributed by atoms with E-state index in [1.165, 1.54) is 6.33 Å². The zero-order chi connectivity index (χ0) is 17.9. The van der Waals surface area contributed by atoms with Gasteiger partial charge in [-0.3, -0.25) is 4.79 Å². The van der Waals surface area contributed by atoms with Crippen molar-refractivity contribution in [2.75, 3.05) is 7.11 Å². The van der Waals surface area contributed by atoms with Gasteiger partial charge in [-0.05, 0) is 36.4 Å². The number of fused-ring (bicyclic) bond motifs is 1. The van der Waals surface area contributed by atoms with Crippen LogP contribution in [-0.2, 0) is 0 Å². The number of ketones is 1. The SMILES string of the molecule is COc1ccc(C(=O)c2ccc3c(-c4ccccc4)ncnc3c2)cc1. The van der Waals surface area contributed by atoms with Crippen molar-refractivity contribution < 1.29 is 9.53 Å². The summed E-state index contributed by atoms with van der Waals surface area (Å²) in [5, 5.41) is 0.921. The third kappa shape index (κ3) is 2.93. The summed E-state index contributed by atoms with van der Waals surface area (Å²) in [4.78, 5) is 21.5. The summed E-state index contributed by atoms with van der Waals surface area (Å²) in [5.41, 5.74) is 3.84. The Balaban J connectivity index is 1.75. The Labute approximate surface area is 151 Å². The Morgan fingerprint density at radius 3 is 2.31 bits per heavy atom. The first kappa shape index (κ1) is 16.0. The maximum atomic E-state index is 12.8. The molecule has 0 aliphatic heterocycles. The molecule has 4 aromatic rings. The van der Waals surface area contributed by atoms with Crippen LogP contribution >= 0.6 is 0 Å². The Kier molecular flexibility index (Phi) is 4.15. The minimum Gasteiger partial charge on any atom is -0.497 e.